The molecule has 2 aromatic heterocycles. The smallest absolute Gasteiger partial charge is 0.261 e. The van der Waals surface area contributed by atoms with Crippen molar-refractivity contribution >= 4 is 36.4 Å². The molecule has 5 rings (SSSR count). The van der Waals surface area contributed by atoms with E-state index in [1.54, 1.807) is 18.5 Å². The minimum absolute atomic E-state index is 0.0477. The number of nitrogens with zero attached hydrogens (tertiary/aromatic N) is 3. The highest BCUT2D eigenvalue weighted by molar-refractivity contribution is 6.99. The Balaban J connectivity index is 1.08. The van der Waals surface area contributed by atoms with Gasteiger partial charge < -0.3 is 9.74 Å². The molecule has 0 unspecified atom stereocenters. The summed E-state index contributed by atoms with van der Waals surface area (Å²) in [5.41, 5.74) is 3.24. The van der Waals surface area contributed by atoms with Crippen LogP contribution in [0.15, 0.2) is 91.3 Å². The van der Waals surface area contributed by atoms with Crippen LogP contribution in [0.2, 0.25) is 5.04 Å². The van der Waals surface area contributed by atoms with E-state index in [1.165, 1.54) is 22.4 Å². The van der Waals surface area contributed by atoms with Crippen molar-refractivity contribution in [3.05, 3.63) is 114 Å². The van der Waals surface area contributed by atoms with Gasteiger partial charge in [0.25, 0.3) is 8.32 Å². The van der Waals surface area contributed by atoms with E-state index in [1.807, 2.05) is 6.08 Å². The minimum Gasteiger partial charge on any atom is -0.407 e. The monoisotopic (exact) mass is 618 g/mol. The summed E-state index contributed by atoms with van der Waals surface area (Å²) in [5, 5.41) is 5.92. The van der Waals surface area contributed by atoms with Gasteiger partial charge in [-0.25, -0.2) is 15.0 Å². The van der Waals surface area contributed by atoms with Gasteiger partial charge in [0.15, 0.2) is 5.78 Å². The second-order valence-electron chi connectivity index (χ2n) is 12.9. The lowest BCUT2D eigenvalue weighted by atomic mass is 10.0. The van der Waals surface area contributed by atoms with Crippen molar-refractivity contribution in [1.82, 2.24) is 15.0 Å². The minimum atomic E-state index is -2.54. The molecule has 2 aromatic carbocycles. The Labute approximate surface area is 269 Å². The highest BCUT2D eigenvalue weighted by Gasteiger charge is 2.49. The fourth-order valence-corrected chi connectivity index (χ4v) is 10.8. The Kier molecular flexibility index (Phi) is 11.1. The topological polar surface area (TPSA) is 77.0 Å². The Hall–Kier alpha value is -3.94. The number of unbranched alkanes of at least 4 members (excludes halogenated alkanes) is 1. The number of carbonyl (C=O) groups is 1. The lowest BCUT2D eigenvalue weighted by Crippen LogP contribution is -2.66. The van der Waals surface area contributed by atoms with E-state index in [-0.39, 0.29) is 10.8 Å². The van der Waals surface area contributed by atoms with Gasteiger partial charge in [0.2, 0.25) is 0 Å². The first-order valence-electron chi connectivity index (χ1n) is 16.3. The van der Waals surface area contributed by atoms with E-state index in [2.05, 4.69) is 109 Å². The number of hydrogen-bond donors (Lipinski definition) is 1. The lowest BCUT2D eigenvalue weighted by molar-refractivity contribution is -0.114. The molecule has 0 radical (unpaired) electrons. The van der Waals surface area contributed by atoms with Gasteiger partial charge in [0, 0.05) is 49.6 Å². The number of aromatic nitrogens is 3. The standard InChI is InChI=1S/C38H46N4O2Si/c1-38(2,3)45(34-17-6-4-7-18-34,35-19-8-5-9-20-35)44-27-13-21-36-40-28-30(29-41-36)22-25-33(43)16-11-10-15-32-24-23-31-14-12-26-39-37(31)42-32/h4-9,17-20,22-25,28-29H,10-16,21,26-27H2,1-3H3,(H,39,42)/b25-22+. The molecule has 0 fully saturated rings. The summed E-state index contributed by atoms with van der Waals surface area (Å²) in [6.45, 7) is 8.52. The predicted molar refractivity (Wildman–Crippen MR) is 187 cm³/mol. The molecule has 0 saturated carbocycles. The van der Waals surface area contributed by atoms with Crippen LogP contribution < -0.4 is 15.7 Å². The molecule has 0 bridgehead atoms. The van der Waals surface area contributed by atoms with Crippen LogP contribution in [0.25, 0.3) is 6.08 Å². The third-order valence-corrected chi connectivity index (χ3v) is 13.6. The highest BCUT2D eigenvalue weighted by Crippen LogP contribution is 2.36. The third kappa shape index (κ3) is 8.41. The number of aryl methyl sites for hydroxylation is 3. The molecule has 1 N–H and O–H groups in total. The molecule has 0 atom stereocenters. The summed E-state index contributed by atoms with van der Waals surface area (Å²) in [6.07, 6.45) is 14.1. The Morgan fingerprint density at radius 3 is 2.24 bits per heavy atom. The van der Waals surface area contributed by atoms with Gasteiger partial charge in [0.05, 0.1) is 0 Å². The third-order valence-electron chi connectivity index (χ3n) is 8.52. The summed E-state index contributed by atoms with van der Waals surface area (Å²) < 4.78 is 6.99. The Morgan fingerprint density at radius 1 is 0.889 bits per heavy atom. The van der Waals surface area contributed by atoms with Crippen LogP contribution in [-0.2, 0) is 28.5 Å². The fraction of sp³-hybridized carbons (Fsp3) is 0.368. The summed E-state index contributed by atoms with van der Waals surface area (Å²) in [6, 6.07) is 25.8. The largest absolute Gasteiger partial charge is 0.407 e. The van der Waals surface area contributed by atoms with Gasteiger partial charge in [-0.15, -0.1) is 0 Å². The van der Waals surface area contributed by atoms with Gasteiger partial charge in [-0.3, -0.25) is 4.79 Å². The first kappa shape index (κ1) is 32.5. The van der Waals surface area contributed by atoms with Crippen LogP contribution in [0.5, 0.6) is 0 Å². The van der Waals surface area contributed by atoms with Crippen LogP contribution in [0.1, 0.15) is 75.5 Å². The van der Waals surface area contributed by atoms with E-state index in [0.29, 0.717) is 13.0 Å². The second-order valence-corrected chi connectivity index (χ2v) is 17.2. The molecule has 7 heteroatoms. The predicted octanol–water partition coefficient (Wildman–Crippen LogP) is 6.73. The summed E-state index contributed by atoms with van der Waals surface area (Å²) in [7, 11) is -2.54. The molecule has 4 aromatic rings. The second kappa shape index (κ2) is 15.4. The number of nitrogens with one attached hydrogen (secondary N) is 1. The normalized spacial score (nSPS) is 13.4. The number of benzene rings is 2. The molecule has 0 spiro atoms. The molecule has 6 nitrogen and oxygen atoms in total. The number of fused-ring (bicyclic) bond motifs is 1. The number of rotatable bonds is 14. The summed E-state index contributed by atoms with van der Waals surface area (Å²) >= 11 is 0. The van der Waals surface area contributed by atoms with Crippen LogP contribution in [0.4, 0.5) is 5.82 Å². The summed E-state index contributed by atoms with van der Waals surface area (Å²) in [5.74, 6) is 1.95. The maximum Gasteiger partial charge on any atom is 0.261 e. The van der Waals surface area contributed by atoms with Crippen LogP contribution in [0.3, 0.4) is 0 Å². The number of hydrogen-bond acceptors (Lipinski definition) is 6. The number of pyridine rings is 1. The summed E-state index contributed by atoms with van der Waals surface area (Å²) in [4.78, 5) is 26.3. The van der Waals surface area contributed by atoms with Crippen molar-refractivity contribution in [2.75, 3.05) is 18.5 Å². The Bertz CT molecular complexity index is 1510. The zero-order chi connectivity index (χ0) is 31.5. The molecular formula is C38H46N4O2Si. The van der Waals surface area contributed by atoms with Gasteiger partial charge in [-0.2, -0.15) is 0 Å². The Morgan fingerprint density at radius 2 is 1.58 bits per heavy atom. The van der Waals surface area contributed by atoms with Crippen LogP contribution in [0, 0.1) is 0 Å². The number of allylic oxidation sites excluding steroid dienone is 1. The molecule has 0 saturated heterocycles. The maximum atomic E-state index is 12.5. The SMILES string of the molecule is CC(C)(C)[Si](OCCCc1ncc(/C=C/C(=O)CCCCc2ccc3c(n2)NCCC3)cn1)(c1ccccc1)c1ccccc1. The van der Waals surface area contributed by atoms with E-state index in [0.717, 1.165) is 68.0 Å². The molecule has 3 heterocycles. The average molecular weight is 619 g/mol. The fourth-order valence-electron chi connectivity index (χ4n) is 6.18. The number of carbonyl (C=O) groups excluding carboxylic acids is 1. The first-order chi connectivity index (χ1) is 21.8. The van der Waals surface area contributed by atoms with Crippen molar-refractivity contribution in [1.29, 1.82) is 0 Å². The van der Waals surface area contributed by atoms with E-state index in [4.69, 9.17) is 9.41 Å². The van der Waals surface area contributed by atoms with Gasteiger partial charge in [-0.1, -0.05) is 87.5 Å². The van der Waals surface area contributed by atoms with E-state index >= 15 is 0 Å². The zero-order valence-electron chi connectivity index (χ0n) is 27.0. The first-order valence-corrected chi connectivity index (χ1v) is 18.3. The van der Waals surface area contributed by atoms with Gasteiger partial charge in [-0.05, 0) is 77.7 Å². The van der Waals surface area contributed by atoms with Crippen molar-refractivity contribution in [2.24, 2.45) is 0 Å². The average Bonchev–Trinajstić information content (AvgIpc) is 3.06. The van der Waals surface area contributed by atoms with Gasteiger partial charge >= 0.3 is 0 Å². The van der Waals surface area contributed by atoms with Gasteiger partial charge in [0.1, 0.15) is 11.6 Å². The zero-order valence-corrected chi connectivity index (χ0v) is 28.0. The molecule has 0 amide bonds. The number of anilines is 1. The van der Waals surface area contributed by atoms with Crippen molar-refractivity contribution in [2.45, 2.75) is 77.2 Å². The number of ketones is 1. The van der Waals surface area contributed by atoms with E-state index in [9.17, 15) is 4.79 Å². The van der Waals surface area contributed by atoms with Crippen molar-refractivity contribution in [3.63, 3.8) is 0 Å². The molecule has 1 aliphatic heterocycles. The van der Waals surface area contributed by atoms with Crippen LogP contribution in [-0.4, -0.2) is 42.2 Å². The quantitative estimate of drug-likeness (QED) is 0.0959. The molecule has 1 aliphatic rings. The molecule has 0 aliphatic carbocycles. The molecular weight excluding hydrogens is 573 g/mol. The lowest BCUT2D eigenvalue weighted by Gasteiger charge is -2.43. The van der Waals surface area contributed by atoms with E-state index < -0.39 is 8.32 Å². The van der Waals surface area contributed by atoms with Crippen molar-refractivity contribution < 1.29 is 9.22 Å². The van der Waals surface area contributed by atoms with Crippen molar-refractivity contribution in [3.8, 4) is 0 Å². The maximum absolute atomic E-state index is 12.5. The van der Waals surface area contributed by atoms with Crippen LogP contribution >= 0.6 is 0 Å². The molecule has 234 valence electrons. The highest BCUT2D eigenvalue weighted by atomic mass is 28.4. The molecule has 45 heavy (non-hydrogen) atoms.